The largest absolute Gasteiger partial charge is 0.416 e. The lowest BCUT2D eigenvalue weighted by molar-refractivity contribution is -0.138. The molecule has 0 atom stereocenters. The number of halogens is 6. The average Bonchev–Trinajstić information content (AvgIpc) is 3.18. The van der Waals surface area contributed by atoms with E-state index < -0.39 is 29.9 Å². The third-order valence-corrected chi connectivity index (χ3v) is 5.48. The summed E-state index contributed by atoms with van der Waals surface area (Å²) in [5.74, 6) is 0.458. The van der Waals surface area contributed by atoms with Crippen LogP contribution in [-0.4, -0.2) is 26.8 Å². The molecule has 0 radical (unpaired) electrons. The fourth-order valence-corrected chi connectivity index (χ4v) is 4.04. The molecule has 3 aromatic rings. The van der Waals surface area contributed by atoms with E-state index in [9.17, 15) is 26.3 Å². The molecule has 1 aromatic carbocycles. The minimum atomic E-state index is -4.75. The van der Waals surface area contributed by atoms with Crippen LogP contribution in [-0.2, 0) is 12.6 Å². The Morgan fingerprint density at radius 3 is 2.39 bits per heavy atom. The summed E-state index contributed by atoms with van der Waals surface area (Å²) in [5.41, 5.74) is -1.08. The fourth-order valence-electron chi connectivity index (χ4n) is 4.04. The zero-order valence-corrected chi connectivity index (χ0v) is 16.4. The zero-order valence-electron chi connectivity index (χ0n) is 16.4. The minimum absolute atomic E-state index is 0.0225. The predicted molar refractivity (Wildman–Crippen MR) is 104 cm³/mol. The van der Waals surface area contributed by atoms with Crippen LogP contribution in [0.2, 0.25) is 0 Å². The molecule has 1 aliphatic carbocycles. The van der Waals surface area contributed by atoms with Gasteiger partial charge >= 0.3 is 12.4 Å². The number of hydrogen-bond donors (Lipinski definition) is 1. The van der Waals surface area contributed by atoms with Crippen molar-refractivity contribution in [3.8, 4) is 11.3 Å². The molecule has 1 fully saturated rings. The molecule has 166 valence electrons. The lowest BCUT2D eigenvalue weighted by Gasteiger charge is -2.23. The zero-order chi connectivity index (χ0) is 22.2. The van der Waals surface area contributed by atoms with E-state index in [1.807, 2.05) is 0 Å². The Morgan fingerprint density at radius 1 is 0.968 bits per heavy atom. The molecule has 4 rings (SSSR count). The second kappa shape index (κ2) is 8.05. The first-order valence-electron chi connectivity index (χ1n) is 9.99. The summed E-state index contributed by atoms with van der Waals surface area (Å²) >= 11 is 0. The highest BCUT2D eigenvalue weighted by Gasteiger charge is 2.34. The van der Waals surface area contributed by atoms with Gasteiger partial charge in [-0.25, -0.2) is 0 Å². The molecule has 1 saturated carbocycles. The molecule has 2 aromatic heterocycles. The van der Waals surface area contributed by atoms with Crippen LogP contribution in [0.25, 0.3) is 16.8 Å². The van der Waals surface area contributed by atoms with Gasteiger partial charge in [0.1, 0.15) is 5.69 Å². The van der Waals surface area contributed by atoms with Crippen LogP contribution in [0.3, 0.4) is 0 Å². The monoisotopic (exact) mass is 442 g/mol. The van der Waals surface area contributed by atoms with Crippen LogP contribution in [0, 0.1) is 0 Å². The second-order valence-corrected chi connectivity index (χ2v) is 7.78. The van der Waals surface area contributed by atoms with Crippen LogP contribution in [0.4, 0.5) is 32.3 Å². The van der Waals surface area contributed by atoms with Crippen molar-refractivity contribution in [2.24, 2.45) is 0 Å². The van der Waals surface area contributed by atoms with E-state index in [0.29, 0.717) is 17.5 Å². The van der Waals surface area contributed by atoms with Crippen LogP contribution in [0.1, 0.15) is 43.2 Å². The Balaban J connectivity index is 1.77. The number of benzene rings is 1. The van der Waals surface area contributed by atoms with Crippen molar-refractivity contribution in [1.82, 2.24) is 14.6 Å². The van der Waals surface area contributed by atoms with Gasteiger partial charge in [-0.2, -0.15) is 26.3 Å². The SMILES string of the molecule is FC(F)(F)Cc1cc(C(F)(F)F)ccc1-c1nnc(NC2CCCCC2)n2cccc12. The first-order chi connectivity index (χ1) is 14.6. The molecular formula is C21H20F6N4. The number of hydrogen-bond acceptors (Lipinski definition) is 3. The molecule has 2 heterocycles. The highest BCUT2D eigenvalue weighted by atomic mass is 19.4. The van der Waals surface area contributed by atoms with Crippen LogP contribution in [0.15, 0.2) is 36.5 Å². The van der Waals surface area contributed by atoms with Gasteiger partial charge in [0.2, 0.25) is 5.95 Å². The third kappa shape index (κ3) is 4.77. The first kappa shape index (κ1) is 21.5. The van der Waals surface area contributed by atoms with E-state index in [1.54, 1.807) is 22.7 Å². The topological polar surface area (TPSA) is 42.2 Å². The quantitative estimate of drug-likeness (QED) is 0.485. The Kier molecular flexibility index (Phi) is 5.57. The van der Waals surface area contributed by atoms with Crippen molar-refractivity contribution in [1.29, 1.82) is 0 Å². The van der Waals surface area contributed by atoms with Gasteiger partial charge in [-0.05, 0) is 42.7 Å². The molecule has 1 aliphatic rings. The van der Waals surface area contributed by atoms with Gasteiger partial charge in [-0.1, -0.05) is 25.3 Å². The molecule has 4 nitrogen and oxygen atoms in total. The molecule has 10 heteroatoms. The number of rotatable bonds is 4. The summed E-state index contributed by atoms with van der Waals surface area (Å²) in [6.07, 6.45) is -3.86. The van der Waals surface area contributed by atoms with Gasteiger partial charge in [0.25, 0.3) is 0 Å². The van der Waals surface area contributed by atoms with E-state index in [0.717, 1.165) is 37.8 Å². The molecular weight excluding hydrogens is 422 g/mol. The third-order valence-electron chi connectivity index (χ3n) is 5.48. The first-order valence-corrected chi connectivity index (χ1v) is 9.99. The molecule has 0 unspecified atom stereocenters. The number of nitrogens with zero attached hydrogens (tertiary/aromatic N) is 3. The smallest absolute Gasteiger partial charge is 0.351 e. The number of nitrogens with one attached hydrogen (secondary N) is 1. The van der Waals surface area contributed by atoms with E-state index in [-0.39, 0.29) is 17.3 Å². The van der Waals surface area contributed by atoms with Gasteiger partial charge < -0.3 is 5.32 Å². The van der Waals surface area contributed by atoms with Crippen LogP contribution < -0.4 is 5.32 Å². The molecule has 31 heavy (non-hydrogen) atoms. The molecule has 0 amide bonds. The van der Waals surface area contributed by atoms with E-state index in [2.05, 4.69) is 15.5 Å². The normalized spacial score (nSPS) is 16.1. The summed E-state index contributed by atoms with van der Waals surface area (Å²) in [6.45, 7) is 0. The molecule has 0 bridgehead atoms. The lowest BCUT2D eigenvalue weighted by Crippen LogP contribution is -2.24. The summed E-state index contributed by atoms with van der Waals surface area (Å²) < 4.78 is 80.3. The average molecular weight is 442 g/mol. The van der Waals surface area contributed by atoms with Gasteiger partial charge in [-0.15, -0.1) is 10.2 Å². The Bertz CT molecular complexity index is 1060. The summed E-state index contributed by atoms with van der Waals surface area (Å²) in [7, 11) is 0. The van der Waals surface area contributed by atoms with Crippen molar-refractivity contribution in [2.75, 3.05) is 5.32 Å². The number of anilines is 1. The molecule has 0 spiro atoms. The minimum Gasteiger partial charge on any atom is -0.351 e. The fraction of sp³-hybridized carbons (Fsp3) is 0.429. The maximum Gasteiger partial charge on any atom is 0.416 e. The van der Waals surface area contributed by atoms with Crippen molar-refractivity contribution in [3.63, 3.8) is 0 Å². The highest BCUT2D eigenvalue weighted by molar-refractivity contribution is 5.80. The van der Waals surface area contributed by atoms with E-state index in [4.69, 9.17) is 0 Å². The van der Waals surface area contributed by atoms with Gasteiger partial charge in [0.05, 0.1) is 17.5 Å². The van der Waals surface area contributed by atoms with Gasteiger partial charge in [-0.3, -0.25) is 4.40 Å². The second-order valence-electron chi connectivity index (χ2n) is 7.78. The molecule has 0 saturated heterocycles. The Morgan fingerprint density at radius 2 is 1.71 bits per heavy atom. The van der Waals surface area contributed by atoms with Crippen molar-refractivity contribution >= 4 is 11.5 Å². The van der Waals surface area contributed by atoms with Crippen molar-refractivity contribution in [3.05, 3.63) is 47.7 Å². The maximum absolute atomic E-state index is 13.1. The van der Waals surface area contributed by atoms with Crippen molar-refractivity contribution < 1.29 is 26.3 Å². The number of fused-ring (bicyclic) bond motifs is 1. The summed E-state index contributed by atoms with van der Waals surface area (Å²) in [4.78, 5) is 0. The van der Waals surface area contributed by atoms with Crippen molar-refractivity contribution in [2.45, 2.75) is 56.9 Å². The number of alkyl halides is 6. The van der Waals surface area contributed by atoms with Crippen LogP contribution >= 0.6 is 0 Å². The van der Waals surface area contributed by atoms with Gasteiger partial charge in [0, 0.05) is 17.8 Å². The lowest BCUT2D eigenvalue weighted by atomic mass is 9.96. The highest BCUT2D eigenvalue weighted by Crippen LogP contribution is 2.37. The Hall–Kier alpha value is -2.78. The van der Waals surface area contributed by atoms with Gasteiger partial charge in [0.15, 0.2) is 0 Å². The maximum atomic E-state index is 13.1. The van der Waals surface area contributed by atoms with E-state index in [1.165, 1.54) is 6.42 Å². The summed E-state index contributed by atoms with van der Waals surface area (Å²) in [5, 5.41) is 11.6. The predicted octanol–water partition coefficient (Wildman–Crippen LogP) is 6.26. The van der Waals surface area contributed by atoms with E-state index >= 15 is 0 Å². The Labute approximate surface area is 174 Å². The standard InChI is InChI=1S/C21H20F6N4/c22-20(23,24)12-13-11-14(21(25,26)27)8-9-16(13)18-17-7-4-10-31(17)19(30-29-18)28-15-5-2-1-3-6-15/h4,7-11,15H,1-3,5-6,12H2,(H,28,30). The molecule has 0 aliphatic heterocycles. The van der Waals surface area contributed by atoms with Crippen LogP contribution in [0.5, 0.6) is 0 Å². The summed E-state index contributed by atoms with van der Waals surface area (Å²) in [6, 6.07) is 5.93. The number of aromatic nitrogens is 3. The molecule has 1 N–H and O–H groups in total.